The lowest BCUT2D eigenvalue weighted by atomic mass is 10.2. The molecule has 112 valence electrons. The second kappa shape index (κ2) is 7.70. The highest BCUT2D eigenvalue weighted by Gasteiger charge is 2.26. The van der Waals surface area contributed by atoms with E-state index in [9.17, 15) is 4.79 Å². The minimum atomic E-state index is -0.433. The zero-order valence-electron chi connectivity index (χ0n) is 12.6. The van der Waals surface area contributed by atoms with Crippen molar-refractivity contribution in [2.75, 3.05) is 20.2 Å². The molecule has 2 N–H and O–H groups in total. The van der Waals surface area contributed by atoms with Crippen molar-refractivity contribution in [3.05, 3.63) is 0 Å². The summed E-state index contributed by atoms with van der Waals surface area (Å²) < 4.78 is 10.6. The van der Waals surface area contributed by atoms with Crippen molar-refractivity contribution < 1.29 is 14.3 Å². The molecule has 0 spiro atoms. The van der Waals surface area contributed by atoms with E-state index in [-0.39, 0.29) is 6.09 Å². The van der Waals surface area contributed by atoms with Crippen molar-refractivity contribution in [3.8, 4) is 0 Å². The maximum Gasteiger partial charge on any atom is 0.407 e. The summed E-state index contributed by atoms with van der Waals surface area (Å²) >= 11 is 0. The number of hydrogen-bond donors (Lipinski definition) is 2. The molecule has 1 saturated carbocycles. The van der Waals surface area contributed by atoms with Gasteiger partial charge in [-0.25, -0.2) is 4.79 Å². The molecule has 0 radical (unpaired) electrons. The molecule has 0 aliphatic heterocycles. The topological polar surface area (TPSA) is 59.6 Å². The summed E-state index contributed by atoms with van der Waals surface area (Å²) in [5.41, 5.74) is -0.433. The Morgan fingerprint density at radius 1 is 1.26 bits per heavy atom. The third kappa shape index (κ3) is 6.78. The van der Waals surface area contributed by atoms with Gasteiger partial charge in [-0.3, -0.25) is 0 Å². The molecule has 1 aliphatic carbocycles. The first-order valence-electron chi connectivity index (χ1n) is 7.15. The second-order valence-corrected chi connectivity index (χ2v) is 6.05. The van der Waals surface area contributed by atoms with Crippen LogP contribution in [-0.4, -0.2) is 44.0 Å². The van der Waals surface area contributed by atoms with Crippen molar-refractivity contribution in [3.63, 3.8) is 0 Å². The summed E-state index contributed by atoms with van der Waals surface area (Å²) in [4.78, 5) is 11.4. The van der Waals surface area contributed by atoms with Gasteiger partial charge in [-0.1, -0.05) is 0 Å². The molecule has 0 saturated heterocycles. The monoisotopic (exact) mass is 272 g/mol. The van der Waals surface area contributed by atoms with Gasteiger partial charge in [0.2, 0.25) is 0 Å². The predicted octanol–water partition coefficient (Wildman–Crippen LogP) is 2.06. The highest BCUT2D eigenvalue weighted by Crippen LogP contribution is 2.21. The molecule has 0 aromatic carbocycles. The fourth-order valence-corrected chi connectivity index (χ4v) is 2.32. The van der Waals surface area contributed by atoms with Gasteiger partial charge in [0.25, 0.3) is 0 Å². The van der Waals surface area contributed by atoms with E-state index < -0.39 is 5.60 Å². The maximum absolute atomic E-state index is 11.4. The number of carbonyl (C=O) groups is 1. The highest BCUT2D eigenvalue weighted by atomic mass is 16.6. The summed E-state index contributed by atoms with van der Waals surface area (Å²) in [5, 5.41) is 6.24. The first kappa shape index (κ1) is 16.2. The Morgan fingerprint density at radius 2 is 2.00 bits per heavy atom. The summed E-state index contributed by atoms with van der Waals surface area (Å²) in [5.74, 6) is 0. The summed E-state index contributed by atoms with van der Waals surface area (Å²) in [7, 11) is 1.77. The molecule has 0 heterocycles. The van der Waals surface area contributed by atoms with Crippen LogP contribution < -0.4 is 10.6 Å². The predicted molar refractivity (Wildman–Crippen MR) is 75.3 cm³/mol. The number of hydrogen-bond acceptors (Lipinski definition) is 4. The van der Waals surface area contributed by atoms with Crippen molar-refractivity contribution in [1.82, 2.24) is 10.6 Å². The number of amides is 1. The molecule has 19 heavy (non-hydrogen) atoms. The standard InChI is InChI=1S/C14H28N2O3/c1-14(2,3)19-13(17)16-10-6-9-15-11-7-5-8-12(11)18-4/h11-12,15H,5-10H2,1-4H3,(H,16,17). The van der Waals surface area contributed by atoms with Crippen LogP contribution in [0.4, 0.5) is 4.79 Å². The lowest BCUT2D eigenvalue weighted by molar-refractivity contribution is 0.0526. The van der Waals surface area contributed by atoms with E-state index in [2.05, 4.69) is 10.6 Å². The van der Waals surface area contributed by atoms with Gasteiger partial charge in [0.05, 0.1) is 6.10 Å². The van der Waals surface area contributed by atoms with E-state index in [0.717, 1.165) is 19.4 Å². The van der Waals surface area contributed by atoms with Gasteiger partial charge in [0.15, 0.2) is 0 Å². The molecule has 2 unspecified atom stereocenters. The zero-order chi connectivity index (χ0) is 14.3. The van der Waals surface area contributed by atoms with Gasteiger partial charge >= 0.3 is 6.09 Å². The molecule has 5 nitrogen and oxygen atoms in total. The third-order valence-electron chi connectivity index (χ3n) is 3.18. The normalized spacial score (nSPS) is 23.4. The number of nitrogens with one attached hydrogen (secondary N) is 2. The van der Waals surface area contributed by atoms with Crippen LogP contribution in [0.3, 0.4) is 0 Å². The molecular weight excluding hydrogens is 244 g/mol. The van der Waals surface area contributed by atoms with E-state index in [0.29, 0.717) is 18.7 Å². The summed E-state index contributed by atoms with van der Waals surface area (Å²) in [6.07, 6.45) is 4.45. The van der Waals surface area contributed by atoms with Gasteiger partial charge in [0.1, 0.15) is 5.60 Å². The molecule has 0 aromatic heterocycles. The quantitative estimate of drug-likeness (QED) is 0.727. The summed E-state index contributed by atoms with van der Waals surface area (Å²) in [6.45, 7) is 7.10. The highest BCUT2D eigenvalue weighted by molar-refractivity contribution is 5.67. The Hall–Kier alpha value is -0.810. The van der Waals surface area contributed by atoms with Gasteiger partial charge < -0.3 is 20.1 Å². The minimum absolute atomic E-state index is 0.344. The van der Waals surface area contributed by atoms with Crippen LogP contribution in [0.2, 0.25) is 0 Å². The van der Waals surface area contributed by atoms with Crippen molar-refractivity contribution in [2.24, 2.45) is 0 Å². The zero-order valence-corrected chi connectivity index (χ0v) is 12.6. The smallest absolute Gasteiger partial charge is 0.407 e. The van der Waals surface area contributed by atoms with E-state index in [1.165, 1.54) is 12.8 Å². The molecule has 1 aliphatic rings. The average molecular weight is 272 g/mol. The van der Waals surface area contributed by atoms with E-state index in [1.54, 1.807) is 7.11 Å². The van der Waals surface area contributed by atoms with Gasteiger partial charge in [0, 0.05) is 19.7 Å². The summed E-state index contributed by atoms with van der Waals surface area (Å²) in [6, 6.07) is 0.464. The number of rotatable bonds is 6. The Bertz CT molecular complexity index is 276. The SMILES string of the molecule is COC1CCCC1NCCCNC(=O)OC(C)(C)C. The van der Waals surface area contributed by atoms with Gasteiger partial charge in [-0.15, -0.1) is 0 Å². The van der Waals surface area contributed by atoms with Crippen LogP contribution >= 0.6 is 0 Å². The molecule has 0 aromatic rings. The lowest BCUT2D eigenvalue weighted by Crippen LogP contribution is -2.39. The fourth-order valence-electron chi connectivity index (χ4n) is 2.32. The molecular formula is C14H28N2O3. The van der Waals surface area contributed by atoms with E-state index >= 15 is 0 Å². The Balaban J connectivity index is 2.03. The molecule has 1 fully saturated rings. The van der Waals surface area contributed by atoms with E-state index in [1.807, 2.05) is 20.8 Å². The van der Waals surface area contributed by atoms with Crippen LogP contribution in [0, 0.1) is 0 Å². The number of alkyl carbamates (subject to hydrolysis) is 1. The lowest BCUT2D eigenvalue weighted by Gasteiger charge is -2.21. The fraction of sp³-hybridized carbons (Fsp3) is 0.929. The first-order valence-corrected chi connectivity index (χ1v) is 7.15. The third-order valence-corrected chi connectivity index (χ3v) is 3.18. The largest absolute Gasteiger partial charge is 0.444 e. The van der Waals surface area contributed by atoms with Crippen molar-refractivity contribution in [2.45, 2.75) is 64.2 Å². The van der Waals surface area contributed by atoms with Crippen LogP contribution in [0.15, 0.2) is 0 Å². The van der Waals surface area contributed by atoms with Gasteiger partial charge in [-0.05, 0) is 53.0 Å². The Morgan fingerprint density at radius 3 is 2.63 bits per heavy atom. The number of methoxy groups -OCH3 is 1. The Labute approximate surface area is 116 Å². The van der Waals surface area contributed by atoms with E-state index in [4.69, 9.17) is 9.47 Å². The van der Waals surface area contributed by atoms with Crippen LogP contribution in [0.1, 0.15) is 46.5 Å². The minimum Gasteiger partial charge on any atom is -0.444 e. The van der Waals surface area contributed by atoms with Crippen LogP contribution in [0.25, 0.3) is 0 Å². The van der Waals surface area contributed by atoms with Crippen LogP contribution in [-0.2, 0) is 9.47 Å². The second-order valence-electron chi connectivity index (χ2n) is 6.05. The molecule has 1 amide bonds. The van der Waals surface area contributed by atoms with Gasteiger partial charge in [-0.2, -0.15) is 0 Å². The first-order chi connectivity index (χ1) is 8.92. The molecule has 5 heteroatoms. The number of ether oxygens (including phenoxy) is 2. The van der Waals surface area contributed by atoms with Crippen molar-refractivity contribution in [1.29, 1.82) is 0 Å². The van der Waals surface area contributed by atoms with Crippen molar-refractivity contribution >= 4 is 6.09 Å². The molecule has 0 bridgehead atoms. The maximum atomic E-state index is 11.4. The van der Waals surface area contributed by atoms with Crippen LogP contribution in [0.5, 0.6) is 0 Å². The average Bonchev–Trinajstić information content (AvgIpc) is 2.73. The molecule has 1 rings (SSSR count). The molecule has 2 atom stereocenters. The Kier molecular flexibility index (Phi) is 6.58. The number of carbonyl (C=O) groups excluding carboxylic acids is 1.